The third-order valence-electron chi connectivity index (χ3n) is 5.17. The fourth-order valence-corrected chi connectivity index (χ4v) is 3.60. The molecule has 3 aromatic rings. The molecule has 0 fully saturated rings. The lowest BCUT2D eigenvalue weighted by Crippen LogP contribution is -2.13. The smallest absolute Gasteiger partial charge is 0.237 e. The van der Waals surface area contributed by atoms with Gasteiger partial charge in [0.05, 0.1) is 12.8 Å². The van der Waals surface area contributed by atoms with Crippen molar-refractivity contribution in [2.45, 2.75) is 12.8 Å². The maximum atomic E-state index is 13.1. The van der Waals surface area contributed by atoms with Crippen LogP contribution in [0.5, 0.6) is 11.5 Å². The number of fused-ring (bicyclic) bond motifs is 1. The molecule has 8 heteroatoms. The number of phenolic OH excluding ortho intramolecular Hbond substituents is 1. The summed E-state index contributed by atoms with van der Waals surface area (Å²) in [5.41, 5.74) is 3.04. The average molecular weight is 443 g/mol. The second-order valence-corrected chi connectivity index (χ2v) is 7.49. The monoisotopic (exact) mass is 443 g/mol. The standard InChI is InChI=1S/C25H21N3O5/c1-14(29)27-18-5-3-4-15(10-18)24(31)16-6-8-21-19(11-16)20(25(32)28-21)13-26-17-7-9-23(33-2)22(30)12-17/h3-13,20,30H,1-2H3,(H,27,29)(H,28,32). The van der Waals surface area contributed by atoms with Gasteiger partial charge >= 0.3 is 0 Å². The summed E-state index contributed by atoms with van der Waals surface area (Å²) in [4.78, 5) is 41.2. The molecule has 0 spiro atoms. The van der Waals surface area contributed by atoms with Crippen molar-refractivity contribution in [1.29, 1.82) is 0 Å². The van der Waals surface area contributed by atoms with Crippen LogP contribution >= 0.6 is 0 Å². The molecule has 0 aliphatic carbocycles. The number of hydrogen-bond donors (Lipinski definition) is 3. The summed E-state index contributed by atoms with van der Waals surface area (Å²) in [6, 6.07) is 16.3. The highest BCUT2D eigenvalue weighted by Crippen LogP contribution is 2.34. The van der Waals surface area contributed by atoms with E-state index < -0.39 is 5.92 Å². The van der Waals surface area contributed by atoms with Crippen LogP contribution in [0.1, 0.15) is 34.3 Å². The Morgan fingerprint density at radius 2 is 1.88 bits per heavy atom. The molecule has 33 heavy (non-hydrogen) atoms. The van der Waals surface area contributed by atoms with Gasteiger partial charge in [-0.2, -0.15) is 0 Å². The van der Waals surface area contributed by atoms with Crippen LogP contribution in [0.3, 0.4) is 0 Å². The van der Waals surface area contributed by atoms with E-state index in [1.165, 1.54) is 26.3 Å². The number of ketones is 1. The molecule has 0 radical (unpaired) electrons. The second-order valence-electron chi connectivity index (χ2n) is 7.49. The number of nitrogens with zero attached hydrogens (tertiary/aromatic N) is 1. The van der Waals surface area contributed by atoms with Crippen molar-refractivity contribution in [2.24, 2.45) is 4.99 Å². The number of rotatable bonds is 6. The van der Waals surface area contributed by atoms with Crippen molar-refractivity contribution in [3.05, 3.63) is 77.4 Å². The zero-order chi connectivity index (χ0) is 23.5. The highest BCUT2D eigenvalue weighted by Gasteiger charge is 2.30. The predicted molar refractivity (Wildman–Crippen MR) is 125 cm³/mol. The van der Waals surface area contributed by atoms with Crippen LogP contribution < -0.4 is 15.4 Å². The first-order valence-electron chi connectivity index (χ1n) is 10.1. The van der Waals surface area contributed by atoms with Crippen LogP contribution in [0.15, 0.2) is 65.7 Å². The van der Waals surface area contributed by atoms with Gasteiger partial charge in [0.15, 0.2) is 17.3 Å². The van der Waals surface area contributed by atoms with Gasteiger partial charge in [-0.3, -0.25) is 19.4 Å². The molecular formula is C25H21N3O5. The molecule has 2 amide bonds. The van der Waals surface area contributed by atoms with Gasteiger partial charge in [0.1, 0.15) is 5.92 Å². The van der Waals surface area contributed by atoms with Crippen molar-refractivity contribution in [3.8, 4) is 11.5 Å². The van der Waals surface area contributed by atoms with Crippen LogP contribution in [0.4, 0.5) is 17.1 Å². The Hall–Kier alpha value is -4.46. The summed E-state index contributed by atoms with van der Waals surface area (Å²) in [6.45, 7) is 1.40. The number of benzene rings is 3. The van der Waals surface area contributed by atoms with Crippen LogP contribution in [0, 0.1) is 0 Å². The molecule has 3 aromatic carbocycles. The fraction of sp³-hybridized carbons (Fsp3) is 0.120. The van der Waals surface area contributed by atoms with Crippen molar-refractivity contribution >= 4 is 40.9 Å². The number of phenols is 1. The number of carbonyl (C=O) groups excluding carboxylic acids is 3. The van der Waals surface area contributed by atoms with Gasteiger partial charge in [0, 0.05) is 41.7 Å². The Morgan fingerprint density at radius 1 is 1.09 bits per heavy atom. The fourth-order valence-electron chi connectivity index (χ4n) is 3.60. The van der Waals surface area contributed by atoms with Gasteiger partial charge in [-0.05, 0) is 48.0 Å². The Bertz CT molecular complexity index is 1300. The lowest BCUT2D eigenvalue weighted by atomic mass is 9.96. The minimum Gasteiger partial charge on any atom is -0.504 e. The summed E-state index contributed by atoms with van der Waals surface area (Å²) >= 11 is 0. The summed E-state index contributed by atoms with van der Waals surface area (Å²) in [5.74, 6) is -1.15. The zero-order valence-corrected chi connectivity index (χ0v) is 18.0. The number of nitrogens with one attached hydrogen (secondary N) is 2. The van der Waals surface area contributed by atoms with Crippen molar-refractivity contribution in [2.75, 3.05) is 17.7 Å². The predicted octanol–water partition coefficient (Wildman–Crippen LogP) is 4.03. The molecule has 1 unspecified atom stereocenters. The molecule has 0 saturated heterocycles. The van der Waals surface area contributed by atoms with Crippen molar-refractivity contribution < 1.29 is 24.2 Å². The lowest BCUT2D eigenvalue weighted by Gasteiger charge is -2.08. The highest BCUT2D eigenvalue weighted by atomic mass is 16.5. The van der Waals surface area contributed by atoms with E-state index in [2.05, 4.69) is 15.6 Å². The van der Waals surface area contributed by atoms with Crippen LogP contribution in [-0.2, 0) is 9.59 Å². The zero-order valence-electron chi connectivity index (χ0n) is 18.0. The van der Waals surface area contributed by atoms with E-state index in [-0.39, 0.29) is 23.3 Å². The van der Waals surface area contributed by atoms with E-state index in [0.717, 1.165) is 0 Å². The van der Waals surface area contributed by atoms with E-state index in [1.807, 2.05) is 0 Å². The van der Waals surface area contributed by atoms with Gasteiger partial charge in [-0.1, -0.05) is 12.1 Å². The first-order valence-corrected chi connectivity index (χ1v) is 10.1. The summed E-state index contributed by atoms with van der Waals surface area (Å²) in [7, 11) is 1.45. The van der Waals surface area contributed by atoms with E-state index in [9.17, 15) is 19.5 Å². The molecular weight excluding hydrogens is 422 g/mol. The Morgan fingerprint density at radius 3 is 2.61 bits per heavy atom. The molecule has 0 saturated carbocycles. The van der Waals surface area contributed by atoms with Gasteiger partial charge in [-0.25, -0.2) is 0 Å². The lowest BCUT2D eigenvalue weighted by molar-refractivity contribution is -0.116. The molecule has 0 aromatic heterocycles. The SMILES string of the molecule is COc1ccc(N=CC2C(=O)Nc3ccc(C(=O)c4cccc(NC(C)=O)c4)cc32)cc1O. The minimum absolute atomic E-state index is 0.0576. The van der Waals surface area contributed by atoms with Gasteiger partial charge in [-0.15, -0.1) is 0 Å². The molecule has 0 bridgehead atoms. The molecule has 1 heterocycles. The molecule has 8 nitrogen and oxygen atoms in total. The maximum Gasteiger partial charge on any atom is 0.237 e. The average Bonchev–Trinajstić information content (AvgIpc) is 3.11. The van der Waals surface area contributed by atoms with E-state index >= 15 is 0 Å². The number of amides is 2. The first kappa shape index (κ1) is 21.8. The van der Waals surface area contributed by atoms with E-state index in [1.54, 1.807) is 54.6 Å². The van der Waals surface area contributed by atoms with E-state index in [4.69, 9.17) is 4.74 Å². The van der Waals surface area contributed by atoms with Gasteiger partial charge in [0.25, 0.3) is 0 Å². The van der Waals surface area contributed by atoms with Crippen LogP contribution in [0.2, 0.25) is 0 Å². The largest absolute Gasteiger partial charge is 0.504 e. The number of carbonyl (C=O) groups is 3. The number of aliphatic imine (C=N–C) groups is 1. The van der Waals surface area contributed by atoms with Crippen molar-refractivity contribution in [1.82, 2.24) is 0 Å². The second kappa shape index (κ2) is 8.96. The van der Waals surface area contributed by atoms with E-state index in [0.29, 0.717) is 39.5 Å². The number of ether oxygens (including phenoxy) is 1. The maximum absolute atomic E-state index is 13.1. The van der Waals surface area contributed by atoms with Crippen LogP contribution in [-0.4, -0.2) is 36.0 Å². The normalized spacial score (nSPS) is 14.6. The molecule has 3 N–H and O–H groups in total. The number of methoxy groups -OCH3 is 1. The Balaban J connectivity index is 1.61. The third-order valence-corrected chi connectivity index (χ3v) is 5.17. The molecule has 1 aliphatic rings. The number of hydrogen-bond acceptors (Lipinski definition) is 6. The Kier molecular flexibility index (Phi) is 5.91. The topological polar surface area (TPSA) is 117 Å². The van der Waals surface area contributed by atoms with Crippen LogP contribution in [0.25, 0.3) is 0 Å². The number of aromatic hydroxyl groups is 1. The minimum atomic E-state index is -0.692. The molecule has 1 atom stereocenters. The molecule has 4 rings (SSSR count). The summed E-state index contributed by atoms with van der Waals surface area (Å²) < 4.78 is 5.02. The van der Waals surface area contributed by atoms with Crippen molar-refractivity contribution in [3.63, 3.8) is 0 Å². The molecule has 166 valence electrons. The summed E-state index contributed by atoms with van der Waals surface area (Å²) in [6.07, 6.45) is 1.48. The molecule has 1 aliphatic heterocycles. The Labute approximate surface area is 189 Å². The highest BCUT2D eigenvalue weighted by molar-refractivity contribution is 6.15. The van der Waals surface area contributed by atoms with Gasteiger partial charge in [0.2, 0.25) is 11.8 Å². The van der Waals surface area contributed by atoms with Gasteiger partial charge < -0.3 is 20.5 Å². The third kappa shape index (κ3) is 4.59. The first-order chi connectivity index (χ1) is 15.9. The number of anilines is 2. The summed E-state index contributed by atoms with van der Waals surface area (Å²) in [5, 5.41) is 15.4. The quantitative estimate of drug-likeness (QED) is 0.393.